The maximum Gasteiger partial charge on any atom is 0.307 e. The van der Waals surface area contributed by atoms with Gasteiger partial charge in [0.1, 0.15) is 11.9 Å². The molecule has 158 valence electrons. The molecule has 7 heteroatoms. The lowest BCUT2D eigenvalue weighted by molar-refractivity contribution is -0.140. The smallest absolute Gasteiger partial charge is 0.307 e. The van der Waals surface area contributed by atoms with Crippen LogP contribution in [0.1, 0.15) is 58.5 Å². The highest BCUT2D eigenvalue weighted by Gasteiger charge is 2.20. The first-order valence-electron chi connectivity index (χ1n) is 9.59. The minimum Gasteiger partial charge on any atom is -0.485 e. The molecule has 1 N–H and O–H groups in total. The number of benzene rings is 1. The van der Waals surface area contributed by atoms with Crippen LogP contribution < -0.4 is 10.1 Å². The maximum atomic E-state index is 12.4. The first-order valence-corrected chi connectivity index (χ1v) is 11.2. The van der Waals surface area contributed by atoms with E-state index in [-0.39, 0.29) is 30.9 Å². The van der Waals surface area contributed by atoms with Crippen LogP contribution in [0, 0.1) is 19.8 Å². The van der Waals surface area contributed by atoms with E-state index in [0.29, 0.717) is 10.8 Å². The zero-order chi connectivity index (χ0) is 21.6. The maximum absolute atomic E-state index is 12.4. The molecule has 0 bridgehead atoms. The van der Waals surface area contributed by atoms with Crippen LogP contribution in [0.15, 0.2) is 28.7 Å². The summed E-state index contributed by atoms with van der Waals surface area (Å²) in [5.41, 5.74) is 2.25. The van der Waals surface area contributed by atoms with Crippen molar-refractivity contribution in [1.29, 1.82) is 0 Å². The Balaban J connectivity index is 2.13. The highest BCUT2D eigenvalue weighted by atomic mass is 79.9. The standard InChI is InChI=1S/C22H28BrNO4S/c1-13(2)10-17(28-16-11-14(3)21(23)15(4)12-16)18-6-7-19(29-18)22(26)24-9-8-20(25)27-5/h6-7,11-13,17H,8-10H2,1-5H3,(H,24,26). The van der Waals surface area contributed by atoms with Crippen LogP contribution in [-0.4, -0.2) is 25.5 Å². The summed E-state index contributed by atoms with van der Waals surface area (Å²) in [6.07, 6.45) is 0.872. The molecule has 0 aliphatic rings. The Bertz CT molecular complexity index is 839. The van der Waals surface area contributed by atoms with Gasteiger partial charge < -0.3 is 14.8 Å². The zero-order valence-electron chi connectivity index (χ0n) is 17.5. The summed E-state index contributed by atoms with van der Waals surface area (Å²) in [4.78, 5) is 25.1. The van der Waals surface area contributed by atoms with Gasteiger partial charge in [0.05, 0.1) is 18.4 Å². The van der Waals surface area contributed by atoms with Crippen molar-refractivity contribution in [3.63, 3.8) is 0 Å². The van der Waals surface area contributed by atoms with Gasteiger partial charge in [0.2, 0.25) is 0 Å². The van der Waals surface area contributed by atoms with Crippen molar-refractivity contribution in [3.05, 3.63) is 49.6 Å². The van der Waals surface area contributed by atoms with Crippen LogP contribution in [0.3, 0.4) is 0 Å². The molecule has 1 heterocycles. The van der Waals surface area contributed by atoms with Gasteiger partial charge in [-0.15, -0.1) is 11.3 Å². The van der Waals surface area contributed by atoms with Crippen molar-refractivity contribution in [2.45, 2.75) is 46.6 Å². The number of thiophene rings is 1. The van der Waals surface area contributed by atoms with Crippen molar-refractivity contribution in [3.8, 4) is 5.75 Å². The van der Waals surface area contributed by atoms with E-state index in [1.54, 1.807) is 0 Å². The van der Waals surface area contributed by atoms with Gasteiger partial charge in [-0.1, -0.05) is 29.8 Å². The molecule has 0 aliphatic carbocycles. The fourth-order valence-electron chi connectivity index (χ4n) is 2.90. The van der Waals surface area contributed by atoms with E-state index in [0.717, 1.165) is 32.6 Å². The Morgan fingerprint density at radius 2 is 1.83 bits per heavy atom. The predicted molar refractivity (Wildman–Crippen MR) is 120 cm³/mol. The largest absolute Gasteiger partial charge is 0.485 e. The molecule has 0 saturated heterocycles. The summed E-state index contributed by atoms with van der Waals surface area (Å²) in [6, 6.07) is 7.81. The molecule has 0 spiro atoms. The molecule has 2 rings (SSSR count). The van der Waals surface area contributed by atoms with E-state index in [1.807, 2.05) is 38.1 Å². The number of halogens is 1. The molecule has 1 aromatic carbocycles. The number of ether oxygens (including phenoxy) is 2. The lowest BCUT2D eigenvalue weighted by atomic mass is 10.0. The number of hydrogen-bond donors (Lipinski definition) is 1. The first-order chi connectivity index (χ1) is 13.7. The molecule has 5 nitrogen and oxygen atoms in total. The number of esters is 1. The van der Waals surface area contributed by atoms with E-state index in [2.05, 4.69) is 39.8 Å². The third kappa shape index (κ3) is 6.85. The Kier molecular flexibility index (Phi) is 8.71. The number of rotatable bonds is 9. The molecular formula is C22H28BrNO4S. The molecule has 0 radical (unpaired) electrons. The van der Waals surface area contributed by atoms with E-state index >= 15 is 0 Å². The summed E-state index contributed by atoms with van der Waals surface area (Å²) in [5, 5.41) is 2.75. The third-order valence-electron chi connectivity index (χ3n) is 4.38. The first kappa shape index (κ1) is 23.4. The van der Waals surface area contributed by atoms with Crippen molar-refractivity contribution in [1.82, 2.24) is 5.32 Å². The van der Waals surface area contributed by atoms with E-state index < -0.39 is 0 Å². The second kappa shape index (κ2) is 10.8. The molecule has 1 unspecified atom stereocenters. The molecule has 2 aromatic rings. The van der Waals surface area contributed by atoms with Gasteiger partial charge in [0.25, 0.3) is 5.91 Å². The van der Waals surface area contributed by atoms with Crippen LogP contribution in [0.25, 0.3) is 0 Å². The van der Waals surface area contributed by atoms with Gasteiger partial charge in [-0.2, -0.15) is 0 Å². The van der Waals surface area contributed by atoms with Crippen LogP contribution >= 0.6 is 27.3 Å². The molecule has 0 aliphatic heterocycles. The molecule has 1 atom stereocenters. The minimum absolute atomic E-state index is 0.128. The van der Waals surface area contributed by atoms with E-state index in [4.69, 9.17) is 4.74 Å². The minimum atomic E-state index is -0.345. The molecule has 1 aromatic heterocycles. The molecule has 1 amide bonds. The van der Waals surface area contributed by atoms with Crippen LogP contribution in [-0.2, 0) is 9.53 Å². The number of amides is 1. The molecule has 0 saturated carbocycles. The van der Waals surface area contributed by atoms with Crippen molar-refractivity contribution < 1.29 is 19.1 Å². The highest BCUT2D eigenvalue weighted by molar-refractivity contribution is 9.10. The van der Waals surface area contributed by atoms with Gasteiger partial charge >= 0.3 is 5.97 Å². The summed E-state index contributed by atoms with van der Waals surface area (Å²) in [7, 11) is 1.33. The lowest BCUT2D eigenvalue weighted by Crippen LogP contribution is -2.25. The van der Waals surface area contributed by atoms with Crippen LogP contribution in [0.4, 0.5) is 0 Å². The summed E-state index contributed by atoms with van der Waals surface area (Å²) < 4.78 is 12.0. The average molecular weight is 482 g/mol. The van der Waals surface area contributed by atoms with E-state index in [9.17, 15) is 9.59 Å². The Hall–Kier alpha value is -1.86. The second-order valence-corrected chi connectivity index (χ2v) is 9.30. The Labute approximate surface area is 184 Å². The molecule has 0 fully saturated rings. The summed E-state index contributed by atoms with van der Waals surface area (Å²) in [6.45, 7) is 8.65. The monoisotopic (exact) mass is 481 g/mol. The van der Waals surface area contributed by atoms with Crippen molar-refractivity contribution >= 4 is 39.1 Å². The number of nitrogens with one attached hydrogen (secondary N) is 1. The second-order valence-electron chi connectivity index (χ2n) is 7.39. The third-order valence-corrected chi connectivity index (χ3v) is 6.81. The quantitative estimate of drug-likeness (QED) is 0.474. The summed E-state index contributed by atoms with van der Waals surface area (Å²) in [5.74, 6) is 0.731. The van der Waals surface area contributed by atoms with Crippen LogP contribution in [0.5, 0.6) is 5.75 Å². The lowest BCUT2D eigenvalue weighted by Gasteiger charge is -2.21. The van der Waals surface area contributed by atoms with Crippen LogP contribution in [0.2, 0.25) is 0 Å². The normalized spacial score (nSPS) is 12.0. The predicted octanol–water partition coefficient (Wildman–Crippen LogP) is 5.59. The fourth-order valence-corrected chi connectivity index (χ4v) is 4.10. The van der Waals surface area contributed by atoms with Gasteiger partial charge in [0.15, 0.2) is 0 Å². The van der Waals surface area contributed by atoms with Gasteiger partial charge in [0, 0.05) is 15.9 Å². The topological polar surface area (TPSA) is 64.6 Å². The number of methoxy groups -OCH3 is 1. The van der Waals surface area contributed by atoms with E-state index in [1.165, 1.54) is 18.4 Å². The Morgan fingerprint density at radius 3 is 2.41 bits per heavy atom. The molecule has 29 heavy (non-hydrogen) atoms. The number of carbonyl (C=O) groups excluding carboxylic acids is 2. The molecular weight excluding hydrogens is 454 g/mol. The number of hydrogen-bond acceptors (Lipinski definition) is 5. The fraction of sp³-hybridized carbons (Fsp3) is 0.455. The average Bonchev–Trinajstić information content (AvgIpc) is 3.15. The van der Waals surface area contributed by atoms with Gasteiger partial charge in [-0.25, -0.2) is 0 Å². The summed E-state index contributed by atoms with van der Waals surface area (Å²) >= 11 is 5.02. The van der Waals surface area contributed by atoms with Gasteiger partial charge in [-0.05, 0) is 61.6 Å². The number of carbonyl (C=O) groups is 2. The number of aryl methyl sites for hydroxylation is 2. The van der Waals surface area contributed by atoms with Crippen molar-refractivity contribution in [2.24, 2.45) is 5.92 Å². The Morgan fingerprint density at radius 1 is 1.17 bits per heavy atom. The zero-order valence-corrected chi connectivity index (χ0v) is 19.9. The highest BCUT2D eigenvalue weighted by Crippen LogP contribution is 2.34. The SMILES string of the molecule is COC(=O)CCNC(=O)c1ccc(C(CC(C)C)Oc2cc(C)c(Br)c(C)c2)s1. The van der Waals surface area contributed by atoms with Gasteiger partial charge in [-0.3, -0.25) is 9.59 Å². The van der Waals surface area contributed by atoms with Crippen molar-refractivity contribution in [2.75, 3.05) is 13.7 Å².